The number of amides is 1. The van der Waals surface area contributed by atoms with E-state index in [2.05, 4.69) is 27.8 Å². The highest BCUT2D eigenvalue weighted by Gasteiger charge is 2.25. The lowest BCUT2D eigenvalue weighted by Gasteiger charge is -2.30. The second-order valence-electron chi connectivity index (χ2n) is 6.65. The zero-order valence-electron chi connectivity index (χ0n) is 14.9. The molecule has 0 saturated heterocycles. The molecule has 3 atom stereocenters. The summed E-state index contributed by atoms with van der Waals surface area (Å²) in [6.45, 7) is 4.09. The fourth-order valence-corrected chi connectivity index (χ4v) is 4.96. The summed E-state index contributed by atoms with van der Waals surface area (Å²) in [5.74, 6) is 0.272. The average Bonchev–Trinajstić information content (AvgIpc) is 3.03. The molecule has 0 spiro atoms. The Labute approximate surface area is 161 Å². The van der Waals surface area contributed by atoms with Crippen LogP contribution in [0.15, 0.2) is 28.6 Å². The van der Waals surface area contributed by atoms with Crippen LogP contribution in [0.1, 0.15) is 39.5 Å². The number of carbonyl (C=O) groups is 1. The first-order valence-electron chi connectivity index (χ1n) is 8.84. The Balaban J connectivity index is 1.53. The van der Waals surface area contributed by atoms with E-state index in [9.17, 15) is 9.18 Å². The fourth-order valence-electron chi connectivity index (χ4n) is 3.03. The van der Waals surface area contributed by atoms with Crippen molar-refractivity contribution in [2.45, 2.75) is 55.2 Å². The van der Waals surface area contributed by atoms with Gasteiger partial charge in [0.1, 0.15) is 5.82 Å². The minimum atomic E-state index is -0.309. The van der Waals surface area contributed by atoms with Gasteiger partial charge in [0.25, 0.3) is 0 Å². The molecule has 1 aliphatic carbocycles. The number of thioether (sulfide) groups is 1. The van der Waals surface area contributed by atoms with E-state index in [0.717, 1.165) is 6.42 Å². The predicted octanol–water partition coefficient (Wildman–Crippen LogP) is 4.60. The van der Waals surface area contributed by atoms with Gasteiger partial charge in [-0.1, -0.05) is 48.9 Å². The minimum Gasteiger partial charge on any atom is -0.352 e. The number of halogens is 1. The molecule has 2 N–H and O–H groups in total. The summed E-state index contributed by atoms with van der Waals surface area (Å²) in [5, 5.41) is 14.7. The Bertz CT molecular complexity index is 754. The Morgan fingerprint density at radius 3 is 2.92 bits per heavy atom. The number of nitrogens with zero attached hydrogens (tertiary/aromatic N) is 2. The van der Waals surface area contributed by atoms with Crippen LogP contribution in [-0.4, -0.2) is 27.4 Å². The van der Waals surface area contributed by atoms with Gasteiger partial charge in [0.05, 0.1) is 5.25 Å². The topological polar surface area (TPSA) is 66.9 Å². The van der Waals surface area contributed by atoms with Crippen molar-refractivity contribution in [3.63, 3.8) is 0 Å². The molecule has 2 aromatic rings. The van der Waals surface area contributed by atoms with Crippen molar-refractivity contribution in [3.05, 3.63) is 30.1 Å². The summed E-state index contributed by atoms with van der Waals surface area (Å²) in [7, 11) is 0. The third-order valence-corrected chi connectivity index (χ3v) is 6.59. The van der Waals surface area contributed by atoms with E-state index < -0.39 is 0 Å². The molecule has 1 heterocycles. The van der Waals surface area contributed by atoms with Gasteiger partial charge in [0.15, 0.2) is 4.34 Å². The van der Waals surface area contributed by atoms with E-state index in [4.69, 9.17) is 0 Å². The molecular formula is C18H23FN4OS2. The van der Waals surface area contributed by atoms with Gasteiger partial charge < -0.3 is 10.6 Å². The van der Waals surface area contributed by atoms with E-state index >= 15 is 0 Å². The average molecular weight is 395 g/mol. The van der Waals surface area contributed by atoms with Crippen molar-refractivity contribution in [1.82, 2.24) is 15.5 Å². The van der Waals surface area contributed by atoms with Gasteiger partial charge in [-0.3, -0.25) is 4.79 Å². The normalized spacial score (nSPS) is 21.2. The number of benzene rings is 1. The van der Waals surface area contributed by atoms with Crippen molar-refractivity contribution >= 4 is 39.8 Å². The largest absolute Gasteiger partial charge is 0.352 e. The van der Waals surface area contributed by atoms with Crippen LogP contribution >= 0.6 is 23.1 Å². The van der Waals surface area contributed by atoms with Crippen LogP contribution < -0.4 is 10.6 Å². The zero-order chi connectivity index (χ0) is 18.5. The van der Waals surface area contributed by atoms with E-state index in [1.807, 2.05) is 6.92 Å². The third-order valence-electron chi connectivity index (χ3n) is 4.57. The number of carbonyl (C=O) groups excluding carboxylic acids is 1. The van der Waals surface area contributed by atoms with Gasteiger partial charge in [-0.2, -0.15) is 0 Å². The molecule has 1 aliphatic rings. The molecule has 0 bridgehead atoms. The molecule has 1 aromatic heterocycles. The van der Waals surface area contributed by atoms with Crippen LogP contribution in [0.25, 0.3) is 0 Å². The smallest absolute Gasteiger partial charge is 0.233 e. The summed E-state index contributed by atoms with van der Waals surface area (Å²) >= 11 is 2.75. The van der Waals surface area contributed by atoms with Crippen LogP contribution in [0, 0.1) is 11.7 Å². The van der Waals surface area contributed by atoms with Gasteiger partial charge in [-0.05, 0) is 43.9 Å². The molecule has 0 aliphatic heterocycles. The summed E-state index contributed by atoms with van der Waals surface area (Å²) in [4.78, 5) is 12.5. The van der Waals surface area contributed by atoms with Crippen LogP contribution in [0.5, 0.6) is 0 Å². The quantitative estimate of drug-likeness (QED) is 0.701. The first kappa shape index (κ1) is 19.1. The van der Waals surface area contributed by atoms with Crippen molar-refractivity contribution < 1.29 is 9.18 Å². The van der Waals surface area contributed by atoms with E-state index in [1.165, 1.54) is 54.5 Å². The maximum Gasteiger partial charge on any atom is 0.233 e. The van der Waals surface area contributed by atoms with Crippen molar-refractivity contribution in [3.8, 4) is 0 Å². The highest BCUT2D eigenvalue weighted by atomic mass is 32.2. The van der Waals surface area contributed by atoms with Crippen LogP contribution in [0.3, 0.4) is 0 Å². The molecular weight excluding hydrogens is 371 g/mol. The predicted molar refractivity (Wildman–Crippen MR) is 104 cm³/mol. The number of aromatic nitrogens is 2. The summed E-state index contributed by atoms with van der Waals surface area (Å²) in [6.07, 6.45) is 4.68. The molecule has 8 heteroatoms. The lowest BCUT2D eigenvalue weighted by molar-refractivity contribution is -0.121. The second kappa shape index (κ2) is 8.81. The monoisotopic (exact) mass is 394 g/mol. The Morgan fingerprint density at radius 2 is 2.15 bits per heavy atom. The first-order chi connectivity index (χ1) is 12.5. The SMILES string of the molecule is C[C@@H]1CCCC[C@H]1NC(=O)[C@@H](C)Sc1nnc(Nc2cccc(F)c2)s1. The molecule has 1 fully saturated rings. The molecule has 140 valence electrons. The number of hydrogen-bond acceptors (Lipinski definition) is 6. The lowest BCUT2D eigenvalue weighted by Crippen LogP contribution is -2.44. The first-order valence-corrected chi connectivity index (χ1v) is 10.5. The second-order valence-corrected chi connectivity index (χ2v) is 9.21. The number of nitrogens with one attached hydrogen (secondary N) is 2. The van der Waals surface area contributed by atoms with Crippen molar-refractivity contribution in [2.24, 2.45) is 5.92 Å². The number of rotatable bonds is 6. The molecule has 3 rings (SSSR count). The lowest BCUT2D eigenvalue weighted by atomic mass is 9.86. The van der Waals surface area contributed by atoms with E-state index in [1.54, 1.807) is 12.1 Å². The van der Waals surface area contributed by atoms with Gasteiger partial charge in [-0.15, -0.1) is 10.2 Å². The van der Waals surface area contributed by atoms with Gasteiger partial charge in [0, 0.05) is 11.7 Å². The van der Waals surface area contributed by atoms with E-state index in [0.29, 0.717) is 21.1 Å². The molecule has 1 amide bonds. The summed E-state index contributed by atoms with van der Waals surface area (Å²) in [6, 6.07) is 6.46. The molecule has 26 heavy (non-hydrogen) atoms. The van der Waals surface area contributed by atoms with Gasteiger partial charge in [-0.25, -0.2) is 4.39 Å². The number of anilines is 2. The highest BCUT2D eigenvalue weighted by Crippen LogP contribution is 2.31. The maximum absolute atomic E-state index is 13.2. The van der Waals surface area contributed by atoms with Crippen molar-refractivity contribution in [1.29, 1.82) is 0 Å². The third kappa shape index (κ3) is 5.17. The molecule has 1 aromatic carbocycles. The number of hydrogen-bond donors (Lipinski definition) is 2. The van der Waals surface area contributed by atoms with Crippen molar-refractivity contribution in [2.75, 3.05) is 5.32 Å². The van der Waals surface area contributed by atoms with Crippen LogP contribution in [-0.2, 0) is 4.79 Å². The Hall–Kier alpha value is -1.67. The zero-order valence-corrected chi connectivity index (χ0v) is 16.5. The summed E-state index contributed by atoms with van der Waals surface area (Å²) in [5.41, 5.74) is 0.620. The molecule has 0 unspecified atom stereocenters. The summed E-state index contributed by atoms with van der Waals surface area (Å²) < 4.78 is 13.9. The highest BCUT2D eigenvalue weighted by molar-refractivity contribution is 8.02. The van der Waals surface area contributed by atoms with Crippen LogP contribution in [0.4, 0.5) is 15.2 Å². The Morgan fingerprint density at radius 1 is 1.35 bits per heavy atom. The fraction of sp³-hybridized carbons (Fsp3) is 0.500. The minimum absolute atomic E-state index is 0.0450. The van der Waals surface area contributed by atoms with Gasteiger partial charge in [0.2, 0.25) is 11.0 Å². The maximum atomic E-state index is 13.2. The molecule has 1 saturated carbocycles. The Kier molecular flexibility index (Phi) is 6.48. The van der Waals surface area contributed by atoms with Gasteiger partial charge >= 0.3 is 0 Å². The van der Waals surface area contributed by atoms with E-state index in [-0.39, 0.29) is 23.0 Å². The molecule has 5 nitrogen and oxygen atoms in total. The standard InChI is InChI=1S/C18H23FN4OS2/c1-11-6-3-4-9-15(11)21-16(24)12(2)25-18-23-22-17(26-18)20-14-8-5-7-13(19)10-14/h5,7-8,10-12,15H,3-4,6,9H2,1-2H3,(H,20,22)(H,21,24)/t11-,12-,15-/m1/s1. The molecule has 0 radical (unpaired) electrons. The van der Waals surface area contributed by atoms with Crippen LogP contribution in [0.2, 0.25) is 0 Å².